The van der Waals surface area contributed by atoms with Gasteiger partial charge in [-0.25, -0.2) is 4.39 Å². The minimum atomic E-state index is -0.293. The second-order valence-corrected chi connectivity index (χ2v) is 4.46. The first-order chi connectivity index (χ1) is 8.13. The van der Waals surface area contributed by atoms with Crippen molar-refractivity contribution in [3.8, 4) is 0 Å². The van der Waals surface area contributed by atoms with E-state index in [1.54, 1.807) is 7.05 Å². The number of carbonyl (C=O) groups excluding carboxylic acids is 1. The number of fused-ring (bicyclic) bond motifs is 1. The van der Waals surface area contributed by atoms with Crippen molar-refractivity contribution in [2.24, 2.45) is 5.73 Å². The van der Waals surface area contributed by atoms with Crippen molar-refractivity contribution in [1.29, 1.82) is 0 Å². The van der Waals surface area contributed by atoms with E-state index in [9.17, 15) is 9.18 Å². The minimum absolute atomic E-state index is 0.0435. The van der Waals surface area contributed by atoms with Gasteiger partial charge in [-0.15, -0.1) is 0 Å². The van der Waals surface area contributed by atoms with Crippen LogP contribution in [0.1, 0.15) is 24.0 Å². The zero-order chi connectivity index (χ0) is 12.4. The smallest absolute Gasteiger partial charge is 0.231 e. The van der Waals surface area contributed by atoms with E-state index in [1.807, 2.05) is 6.07 Å². The third-order valence-electron chi connectivity index (χ3n) is 3.17. The van der Waals surface area contributed by atoms with Gasteiger partial charge in [-0.2, -0.15) is 0 Å². The molecule has 17 heavy (non-hydrogen) atoms. The van der Waals surface area contributed by atoms with Crippen molar-refractivity contribution in [1.82, 2.24) is 0 Å². The molecule has 1 heterocycles. The second-order valence-electron chi connectivity index (χ2n) is 4.46. The Kier molecular flexibility index (Phi) is 3.43. The minimum Gasteiger partial charge on any atom is -0.330 e. The monoisotopic (exact) mass is 236 g/mol. The lowest BCUT2D eigenvalue weighted by Gasteiger charge is -2.12. The normalized spacial score (nSPS) is 14.3. The second kappa shape index (κ2) is 4.84. The van der Waals surface area contributed by atoms with Gasteiger partial charge < -0.3 is 10.6 Å². The van der Waals surface area contributed by atoms with Gasteiger partial charge in [0.05, 0.1) is 12.1 Å². The molecule has 0 saturated carbocycles. The average Bonchev–Trinajstić information content (AvgIpc) is 2.55. The van der Waals surface area contributed by atoms with Crippen LogP contribution in [0.3, 0.4) is 0 Å². The summed E-state index contributed by atoms with van der Waals surface area (Å²) in [6.07, 6.45) is 3.03. The Hall–Kier alpha value is -1.42. The van der Waals surface area contributed by atoms with Crippen LogP contribution in [0, 0.1) is 5.82 Å². The molecule has 0 aromatic heterocycles. The molecule has 0 aliphatic carbocycles. The third-order valence-corrected chi connectivity index (χ3v) is 3.17. The highest BCUT2D eigenvalue weighted by molar-refractivity contribution is 6.01. The molecule has 1 aliphatic rings. The molecule has 2 N–H and O–H groups in total. The van der Waals surface area contributed by atoms with E-state index in [0.29, 0.717) is 18.7 Å². The summed E-state index contributed by atoms with van der Waals surface area (Å²) in [6, 6.07) is 3.47. The summed E-state index contributed by atoms with van der Waals surface area (Å²) in [5.41, 5.74) is 7.63. The number of hydrogen-bond donors (Lipinski definition) is 1. The van der Waals surface area contributed by atoms with Crippen molar-refractivity contribution in [3.63, 3.8) is 0 Å². The molecule has 0 radical (unpaired) electrons. The van der Waals surface area contributed by atoms with Crippen LogP contribution < -0.4 is 10.6 Å². The molecule has 0 atom stereocenters. The fourth-order valence-corrected chi connectivity index (χ4v) is 2.25. The number of amides is 1. The Morgan fingerprint density at radius 2 is 2.18 bits per heavy atom. The largest absolute Gasteiger partial charge is 0.330 e. The molecule has 2 rings (SSSR count). The Labute approximate surface area is 100 Å². The maximum absolute atomic E-state index is 13.9. The highest BCUT2D eigenvalue weighted by Crippen LogP contribution is 2.31. The molecule has 0 saturated heterocycles. The van der Waals surface area contributed by atoms with Gasteiger partial charge in [0.2, 0.25) is 5.91 Å². The number of benzene rings is 1. The molecule has 1 amide bonds. The quantitative estimate of drug-likeness (QED) is 0.808. The highest BCUT2D eigenvalue weighted by Gasteiger charge is 2.27. The van der Waals surface area contributed by atoms with Crippen LogP contribution in [0.25, 0.3) is 0 Å². The van der Waals surface area contributed by atoms with Crippen LogP contribution in [0.2, 0.25) is 0 Å². The predicted molar refractivity (Wildman–Crippen MR) is 65.5 cm³/mol. The molecule has 92 valence electrons. The molecule has 0 spiro atoms. The summed E-state index contributed by atoms with van der Waals surface area (Å²) < 4.78 is 13.9. The molecule has 3 nitrogen and oxygen atoms in total. The average molecular weight is 236 g/mol. The van der Waals surface area contributed by atoms with E-state index in [0.717, 1.165) is 30.4 Å². The fourth-order valence-electron chi connectivity index (χ4n) is 2.25. The number of carbonyl (C=O) groups is 1. The maximum atomic E-state index is 13.9. The highest BCUT2D eigenvalue weighted by atomic mass is 19.1. The molecule has 1 aromatic rings. The number of aryl methyl sites for hydroxylation is 1. The van der Waals surface area contributed by atoms with Crippen LogP contribution in [-0.2, 0) is 17.6 Å². The number of anilines is 1. The van der Waals surface area contributed by atoms with Gasteiger partial charge in [-0.3, -0.25) is 4.79 Å². The number of nitrogens with two attached hydrogens (primary N) is 1. The molecular formula is C13H17FN2O. The van der Waals surface area contributed by atoms with Crippen LogP contribution in [0.5, 0.6) is 0 Å². The zero-order valence-electron chi connectivity index (χ0n) is 10.0. The van der Waals surface area contributed by atoms with Gasteiger partial charge >= 0.3 is 0 Å². The van der Waals surface area contributed by atoms with Crippen LogP contribution >= 0.6 is 0 Å². The summed E-state index contributed by atoms with van der Waals surface area (Å²) in [7, 11) is 1.62. The van der Waals surface area contributed by atoms with Gasteiger partial charge in [-0.1, -0.05) is 6.07 Å². The molecule has 0 bridgehead atoms. The number of rotatable bonds is 4. The van der Waals surface area contributed by atoms with Crippen LogP contribution in [0.15, 0.2) is 12.1 Å². The van der Waals surface area contributed by atoms with Crippen LogP contribution in [0.4, 0.5) is 10.1 Å². The first-order valence-corrected chi connectivity index (χ1v) is 5.91. The van der Waals surface area contributed by atoms with E-state index in [1.165, 1.54) is 11.0 Å². The lowest BCUT2D eigenvalue weighted by molar-refractivity contribution is -0.117. The van der Waals surface area contributed by atoms with Gasteiger partial charge in [0.15, 0.2) is 0 Å². The van der Waals surface area contributed by atoms with Gasteiger partial charge in [0.25, 0.3) is 0 Å². The molecular weight excluding hydrogens is 219 g/mol. The molecule has 4 heteroatoms. The Morgan fingerprint density at radius 1 is 1.41 bits per heavy atom. The van der Waals surface area contributed by atoms with E-state index in [-0.39, 0.29) is 11.7 Å². The topological polar surface area (TPSA) is 46.3 Å². The number of likely N-dealkylation sites (N-methyl/N-ethyl adjacent to an activating group) is 1. The first-order valence-electron chi connectivity index (χ1n) is 5.91. The Morgan fingerprint density at radius 3 is 2.88 bits per heavy atom. The molecule has 1 aliphatic heterocycles. The standard InChI is InChI=1S/C13H17FN2O/c1-16-12(17)8-10-6-9(4-2-3-5-15)7-11(14)13(10)16/h6-7H,2-5,8,15H2,1H3. The van der Waals surface area contributed by atoms with Gasteiger partial charge in [0.1, 0.15) is 5.82 Å². The summed E-state index contributed by atoms with van der Waals surface area (Å²) in [5, 5.41) is 0. The summed E-state index contributed by atoms with van der Waals surface area (Å²) in [5.74, 6) is -0.336. The number of nitrogens with zero attached hydrogens (tertiary/aromatic N) is 1. The molecule has 1 aromatic carbocycles. The Bertz CT molecular complexity index is 445. The van der Waals surface area contributed by atoms with E-state index in [2.05, 4.69) is 0 Å². The molecule has 0 unspecified atom stereocenters. The van der Waals surface area contributed by atoms with Crippen molar-refractivity contribution < 1.29 is 9.18 Å². The van der Waals surface area contributed by atoms with Crippen molar-refractivity contribution >= 4 is 11.6 Å². The number of unbranched alkanes of at least 4 members (excludes halogenated alkanes) is 1. The predicted octanol–water partition coefficient (Wildman–Crippen LogP) is 1.63. The van der Waals surface area contributed by atoms with E-state index in [4.69, 9.17) is 5.73 Å². The lowest BCUT2D eigenvalue weighted by atomic mass is 10.0. The van der Waals surface area contributed by atoms with Crippen molar-refractivity contribution in [2.45, 2.75) is 25.7 Å². The Balaban J connectivity index is 2.21. The maximum Gasteiger partial charge on any atom is 0.231 e. The number of halogens is 1. The third kappa shape index (κ3) is 2.31. The SMILES string of the molecule is CN1C(=O)Cc2cc(CCCCN)cc(F)c21. The number of hydrogen-bond acceptors (Lipinski definition) is 2. The van der Waals surface area contributed by atoms with Crippen molar-refractivity contribution in [2.75, 3.05) is 18.5 Å². The van der Waals surface area contributed by atoms with Gasteiger partial charge in [0, 0.05) is 7.05 Å². The van der Waals surface area contributed by atoms with E-state index >= 15 is 0 Å². The van der Waals surface area contributed by atoms with Gasteiger partial charge in [-0.05, 0) is 43.0 Å². The summed E-state index contributed by atoms with van der Waals surface area (Å²) in [6.45, 7) is 0.661. The zero-order valence-corrected chi connectivity index (χ0v) is 10.0. The molecule has 0 fully saturated rings. The van der Waals surface area contributed by atoms with Crippen LogP contribution in [-0.4, -0.2) is 19.5 Å². The van der Waals surface area contributed by atoms with E-state index < -0.39 is 0 Å². The first kappa shape index (κ1) is 12.0. The summed E-state index contributed by atoms with van der Waals surface area (Å²) in [4.78, 5) is 12.9. The summed E-state index contributed by atoms with van der Waals surface area (Å²) >= 11 is 0. The van der Waals surface area contributed by atoms with Crippen molar-refractivity contribution in [3.05, 3.63) is 29.1 Å². The lowest BCUT2D eigenvalue weighted by Crippen LogP contribution is -2.21. The fraction of sp³-hybridized carbons (Fsp3) is 0.462.